The normalized spacial score (nSPS) is 20.7. The van der Waals surface area contributed by atoms with Crippen molar-refractivity contribution in [3.05, 3.63) is 60.3 Å². The number of carbonyl (C=O) groups excluding carboxylic acids is 1. The van der Waals surface area contributed by atoms with Crippen molar-refractivity contribution in [3.63, 3.8) is 0 Å². The average molecular weight is 436 g/mol. The van der Waals surface area contributed by atoms with E-state index in [0.717, 1.165) is 58.2 Å². The molecule has 0 saturated carbocycles. The lowest BCUT2D eigenvalue weighted by Crippen LogP contribution is -2.49. The standard InChI is InChI=1S/C26H37N5O/c1-3-28(24-12-15-31(21-24)22(2)23-9-5-4-6-10-23)16-13-26(32)30-19-17-29(18-20-30)25-11-7-8-14-27-25/h4-11,14,22,24H,3,12-13,15-21H2,1-2H3/t22-,24-/m0/s1. The van der Waals surface area contributed by atoms with Gasteiger partial charge in [0, 0.05) is 70.5 Å². The van der Waals surface area contributed by atoms with Gasteiger partial charge in [0.2, 0.25) is 5.91 Å². The first-order valence-corrected chi connectivity index (χ1v) is 12.1. The zero-order valence-corrected chi connectivity index (χ0v) is 19.6. The first-order chi connectivity index (χ1) is 15.7. The summed E-state index contributed by atoms with van der Waals surface area (Å²) in [6.07, 6.45) is 3.63. The van der Waals surface area contributed by atoms with Gasteiger partial charge in [-0.15, -0.1) is 0 Å². The Morgan fingerprint density at radius 2 is 1.81 bits per heavy atom. The van der Waals surface area contributed by atoms with E-state index < -0.39 is 0 Å². The predicted molar refractivity (Wildman–Crippen MR) is 130 cm³/mol. The third-order valence-electron chi connectivity index (χ3n) is 7.17. The van der Waals surface area contributed by atoms with E-state index in [2.05, 4.69) is 63.9 Å². The molecule has 2 aliphatic rings. The number of nitrogens with zero attached hydrogens (tertiary/aromatic N) is 5. The largest absolute Gasteiger partial charge is 0.353 e. The molecule has 0 unspecified atom stereocenters. The maximum Gasteiger partial charge on any atom is 0.223 e. The third kappa shape index (κ3) is 5.48. The number of anilines is 1. The zero-order valence-electron chi connectivity index (χ0n) is 19.6. The summed E-state index contributed by atoms with van der Waals surface area (Å²) < 4.78 is 0. The summed E-state index contributed by atoms with van der Waals surface area (Å²) in [4.78, 5) is 26.7. The Labute approximate surface area is 192 Å². The molecule has 0 N–H and O–H groups in total. The van der Waals surface area contributed by atoms with E-state index in [0.29, 0.717) is 18.5 Å². The minimum Gasteiger partial charge on any atom is -0.353 e. The molecule has 1 aromatic carbocycles. The van der Waals surface area contributed by atoms with Crippen molar-refractivity contribution in [3.8, 4) is 0 Å². The van der Waals surface area contributed by atoms with Crippen molar-refractivity contribution in [2.45, 2.75) is 38.8 Å². The van der Waals surface area contributed by atoms with Crippen molar-refractivity contribution >= 4 is 11.7 Å². The van der Waals surface area contributed by atoms with Gasteiger partial charge >= 0.3 is 0 Å². The Hall–Kier alpha value is -2.44. The summed E-state index contributed by atoms with van der Waals surface area (Å²) >= 11 is 0. The first kappa shape index (κ1) is 22.7. The molecule has 6 heteroatoms. The number of likely N-dealkylation sites (tertiary alicyclic amines) is 1. The Kier molecular flexibility index (Phi) is 7.76. The van der Waals surface area contributed by atoms with Crippen LogP contribution < -0.4 is 4.90 Å². The fourth-order valence-electron chi connectivity index (χ4n) is 5.08. The van der Waals surface area contributed by atoms with Crippen molar-refractivity contribution in [1.82, 2.24) is 19.7 Å². The van der Waals surface area contributed by atoms with Gasteiger partial charge in [0.05, 0.1) is 0 Å². The fraction of sp³-hybridized carbons (Fsp3) is 0.538. The summed E-state index contributed by atoms with van der Waals surface area (Å²) in [6, 6.07) is 17.8. The Bertz CT molecular complexity index is 838. The molecule has 2 aliphatic heterocycles. The van der Waals surface area contributed by atoms with Gasteiger partial charge in [-0.2, -0.15) is 0 Å². The van der Waals surface area contributed by atoms with Gasteiger partial charge in [-0.25, -0.2) is 4.98 Å². The number of carbonyl (C=O) groups is 1. The summed E-state index contributed by atoms with van der Waals surface area (Å²) in [5.41, 5.74) is 1.39. The smallest absolute Gasteiger partial charge is 0.223 e. The maximum absolute atomic E-state index is 12.9. The van der Waals surface area contributed by atoms with Gasteiger partial charge in [0.15, 0.2) is 0 Å². The number of amides is 1. The number of benzene rings is 1. The van der Waals surface area contributed by atoms with Crippen molar-refractivity contribution in [1.29, 1.82) is 0 Å². The van der Waals surface area contributed by atoms with E-state index in [9.17, 15) is 4.79 Å². The second kappa shape index (κ2) is 10.9. The van der Waals surface area contributed by atoms with E-state index in [-0.39, 0.29) is 5.91 Å². The molecule has 0 spiro atoms. The minimum absolute atomic E-state index is 0.289. The number of likely N-dealkylation sites (N-methyl/N-ethyl adjacent to an activating group) is 1. The highest BCUT2D eigenvalue weighted by molar-refractivity contribution is 5.76. The van der Waals surface area contributed by atoms with Gasteiger partial charge in [0.1, 0.15) is 5.82 Å². The molecule has 0 bridgehead atoms. The molecule has 0 radical (unpaired) electrons. The summed E-state index contributed by atoms with van der Waals surface area (Å²) in [7, 11) is 0. The van der Waals surface area contributed by atoms with Crippen molar-refractivity contribution < 1.29 is 4.79 Å². The third-order valence-corrected chi connectivity index (χ3v) is 7.17. The van der Waals surface area contributed by atoms with E-state index in [4.69, 9.17) is 0 Å². The monoisotopic (exact) mass is 435 g/mol. The number of hydrogen-bond donors (Lipinski definition) is 0. The Morgan fingerprint density at radius 3 is 2.50 bits per heavy atom. The molecule has 0 aliphatic carbocycles. The number of piperazine rings is 1. The molecule has 1 aromatic heterocycles. The van der Waals surface area contributed by atoms with Crippen molar-refractivity contribution in [2.75, 3.05) is 57.3 Å². The zero-order chi connectivity index (χ0) is 22.3. The van der Waals surface area contributed by atoms with Crippen LogP contribution in [0.1, 0.15) is 38.3 Å². The molecule has 4 rings (SSSR count). The molecule has 3 heterocycles. The van der Waals surface area contributed by atoms with Gasteiger partial charge in [-0.1, -0.05) is 43.3 Å². The fourth-order valence-corrected chi connectivity index (χ4v) is 5.08. The molecule has 172 valence electrons. The molecule has 6 nitrogen and oxygen atoms in total. The first-order valence-electron chi connectivity index (χ1n) is 12.1. The van der Waals surface area contributed by atoms with Crippen LogP contribution in [0, 0.1) is 0 Å². The highest BCUT2D eigenvalue weighted by Gasteiger charge is 2.30. The minimum atomic E-state index is 0.289. The summed E-state index contributed by atoms with van der Waals surface area (Å²) in [5, 5.41) is 0. The van der Waals surface area contributed by atoms with Crippen LogP contribution in [0.25, 0.3) is 0 Å². The summed E-state index contributed by atoms with van der Waals surface area (Å²) in [6.45, 7) is 11.9. The van der Waals surface area contributed by atoms with Gasteiger partial charge in [-0.3, -0.25) is 14.6 Å². The number of rotatable bonds is 8. The Morgan fingerprint density at radius 1 is 1.06 bits per heavy atom. The SMILES string of the molecule is CCN(CCC(=O)N1CCN(c2ccccn2)CC1)[C@H]1CCN([C@@H](C)c2ccccc2)C1. The lowest BCUT2D eigenvalue weighted by Gasteiger charge is -2.36. The highest BCUT2D eigenvalue weighted by atomic mass is 16.2. The Balaban J connectivity index is 1.23. The quantitative estimate of drug-likeness (QED) is 0.637. The molecular formula is C26H37N5O. The van der Waals surface area contributed by atoms with Gasteiger partial charge in [0.25, 0.3) is 0 Å². The maximum atomic E-state index is 12.9. The van der Waals surface area contributed by atoms with Crippen LogP contribution >= 0.6 is 0 Å². The molecule has 2 fully saturated rings. The number of aromatic nitrogens is 1. The molecule has 2 saturated heterocycles. The number of hydrogen-bond acceptors (Lipinski definition) is 5. The molecule has 1 amide bonds. The van der Waals surface area contributed by atoms with Gasteiger partial charge < -0.3 is 9.80 Å². The lowest BCUT2D eigenvalue weighted by atomic mass is 10.1. The van der Waals surface area contributed by atoms with Crippen LogP contribution in [0.3, 0.4) is 0 Å². The molecule has 2 aromatic rings. The van der Waals surface area contributed by atoms with Crippen molar-refractivity contribution in [2.24, 2.45) is 0 Å². The summed E-state index contributed by atoms with van der Waals surface area (Å²) in [5.74, 6) is 1.30. The van der Waals surface area contributed by atoms with Crippen LogP contribution in [0.5, 0.6) is 0 Å². The lowest BCUT2D eigenvalue weighted by molar-refractivity contribution is -0.131. The predicted octanol–water partition coefficient (Wildman–Crippen LogP) is 3.28. The van der Waals surface area contributed by atoms with Crippen LogP contribution in [0.15, 0.2) is 54.7 Å². The van der Waals surface area contributed by atoms with Crippen LogP contribution in [0.4, 0.5) is 5.82 Å². The average Bonchev–Trinajstić information content (AvgIpc) is 3.35. The number of pyridine rings is 1. The second-order valence-corrected chi connectivity index (χ2v) is 8.96. The van der Waals surface area contributed by atoms with Crippen LogP contribution in [0.2, 0.25) is 0 Å². The van der Waals surface area contributed by atoms with E-state index in [1.165, 1.54) is 12.0 Å². The second-order valence-electron chi connectivity index (χ2n) is 8.96. The van der Waals surface area contributed by atoms with E-state index in [1.807, 2.05) is 29.3 Å². The topological polar surface area (TPSA) is 42.9 Å². The van der Waals surface area contributed by atoms with Gasteiger partial charge in [-0.05, 0) is 37.6 Å². The van der Waals surface area contributed by atoms with Crippen LogP contribution in [-0.4, -0.2) is 84.0 Å². The molecule has 2 atom stereocenters. The molecular weight excluding hydrogens is 398 g/mol. The van der Waals surface area contributed by atoms with E-state index >= 15 is 0 Å². The van der Waals surface area contributed by atoms with E-state index in [1.54, 1.807) is 0 Å². The molecule has 32 heavy (non-hydrogen) atoms. The van der Waals surface area contributed by atoms with Crippen LogP contribution in [-0.2, 0) is 4.79 Å². The highest BCUT2D eigenvalue weighted by Crippen LogP contribution is 2.26.